The molecule has 0 aliphatic carbocycles. The third-order valence-corrected chi connectivity index (χ3v) is 3.89. The van der Waals surface area contributed by atoms with Gasteiger partial charge in [0.1, 0.15) is 11.6 Å². The van der Waals surface area contributed by atoms with Gasteiger partial charge in [-0.15, -0.1) is 0 Å². The Morgan fingerprint density at radius 3 is 2.90 bits per heavy atom. The van der Waals surface area contributed by atoms with Gasteiger partial charge in [0.2, 0.25) is 5.09 Å². The van der Waals surface area contributed by atoms with Gasteiger partial charge in [0.25, 0.3) is 10.0 Å². The highest BCUT2D eigenvalue weighted by molar-refractivity contribution is 7.89. The zero-order valence-electron chi connectivity index (χ0n) is 11.2. The number of nitrogens with zero attached hydrogens (tertiary/aromatic N) is 1. The number of H-pyrrole nitrogens is 1. The van der Waals surface area contributed by atoms with E-state index >= 15 is 0 Å². The van der Waals surface area contributed by atoms with Crippen LogP contribution in [-0.4, -0.2) is 24.9 Å². The summed E-state index contributed by atoms with van der Waals surface area (Å²) in [7, 11) is -3.65. The van der Waals surface area contributed by atoms with E-state index in [2.05, 4.69) is 26.9 Å². The van der Waals surface area contributed by atoms with Crippen LogP contribution in [0.5, 0.6) is 0 Å². The van der Waals surface area contributed by atoms with Crippen LogP contribution in [0.3, 0.4) is 0 Å². The van der Waals surface area contributed by atoms with Gasteiger partial charge in [0.15, 0.2) is 0 Å². The molecular formula is C12H18N4O3S. The maximum Gasteiger partial charge on any atom is 0.274 e. The molecule has 0 fully saturated rings. The molecule has 2 aromatic heterocycles. The molecule has 0 atom stereocenters. The number of hydrogen-bond acceptors (Lipinski definition) is 5. The maximum absolute atomic E-state index is 12.0. The van der Waals surface area contributed by atoms with E-state index in [4.69, 9.17) is 4.42 Å². The summed E-state index contributed by atoms with van der Waals surface area (Å²) in [4.78, 5) is 6.77. The van der Waals surface area contributed by atoms with Gasteiger partial charge in [-0.1, -0.05) is 6.92 Å². The van der Waals surface area contributed by atoms with Crippen LogP contribution in [-0.2, 0) is 23.1 Å². The molecule has 0 spiro atoms. The minimum absolute atomic E-state index is 0.0858. The second-order valence-corrected chi connectivity index (χ2v) is 5.96. The van der Waals surface area contributed by atoms with Crippen LogP contribution < -0.4 is 10.0 Å². The summed E-state index contributed by atoms with van der Waals surface area (Å²) in [5.74, 6) is 1.14. The molecular weight excluding hydrogens is 280 g/mol. The summed E-state index contributed by atoms with van der Waals surface area (Å²) < 4.78 is 31.8. The van der Waals surface area contributed by atoms with Gasteiger partial charge < -0.3 is 14.7 Å². The predicted molar refractivity (Wildman–Crippen MR) is 73.3 cm³/mol. The van der Waals surface area contributed by atoms with Crippen molar-refractivity contribution in [3.8, 4) is 0 Å². The number of rotatable bonds is 8. The Morgan fingerprint density at radius 2 is 2.20 bits per heavy atom. The monoisotopic (exact) mass is 298 g/mol. The van der Waals surface area contributed by atoms with Gasteiger partial charge in [-0.3, -0.25) is 0 Å². The summed E-state index contributed by atoms with van der Waals surface area (Å²) in [6.45, 7) is 3.53. The van der Waals surface area contributed by atoms with Gasteiger partial charge in [0.05, 0.1) is 13.1 Å². The van der Waals surface area contributed by atoms with Crippen LogP contribution in [0.1, 0.15) is 24.9 Å². The first-order chi connectivity index (χ1) is 9.62. The number of furan rings is 1. The highest BCUT2D eigenvalue weighted by Crippen LogP contribution is 2.13. The number of aromatic amines is 1. The van der Waals surface area contributed by atoms with E-state index in [0.29, 0.717) is 18.1 Å². The summed E-state index contributed by atoms with van der Waals surface area (Å²) >= 11 is 0. The second kappa shape index (κ2) is 6.69. The fourth-order valence-electron chi connectivity index (χ4n) is 1.62. The minimum atomic E-state index is -3.65. The molecule has 20 heavy (non-hydrogen) atoms. The quantitative estimate of drug-likeness (QED) is 0.631. The van der Waals surface area contributed by atoms with Gasteiger partial charge in [-0.2, -0.15) is 0 Å². The molecule has 0 saturated carbocycles. The molecule has 0 aromatic carbocycles. The summed E-state index contributed by atoms with van der Waals surface area (Å²) in [6.07, 6.45) is 4.21. The second-order valence-electron chi connectivity index (χ2n) is 4.26. The lowest BCUT2D eigenvalue weighted by atomic mass is 10.4. The molecule has 8 heteroatoms. The van der Waals surface area contributed by atoms with Crippen molar-refractivity contribution in [1.82, 2.24) is 20.0 Å². The highest BCUT2D eigenvalue weighted by atomic mass is 32.2. The smallest absolute Gasteiger partial charge is 0.274 e. The minimum Gasteiger partial charge on any atom is -0.447 e. The Morgan fingerprint density at radius 1 is 1.35 bits per heavy atom. The number of hydrogen-bond donors (Lipinski definition) is 3. The molecule has 2 aromatic rings. The van der Waals surface area contributed by atoms with E-state index in [9.17, 15) is 8.42 Å². The standard InChI is InChI=1S/C12H18N4O3S/c1-2-5-13-8-10-3-4-12(19-10)20(17,18)16-9-11-14-6-7-15-11/h3-4,6-7,13,16H,2,5,8-9H2,1H3,(H,14,15). The van der Waals surface area contributed by atoms with Crippen molar-refractivity contribution in [2.45, 2.75) is 31.5 Å². The SMILES string of the molecule is CCCNCc1ccc(S(=O)(=O)NCc2ncc[nH]2)o1. The lowest BCUT2D eigenvalue weighted by Gasteiger charge is -2.02. The first-order valence-corrected chi connectivity index (χ1v) is 7.87. The molecule has 110 valence electrons. The molecule has 0 aliphatic heterocycles. The Kier molecular flexibility index (Phi) is 4.94. The van der Waals surface area contributed by atoms with Crippen molar-refractivity contribution in [2.24, 2.45) is 0 Å². The van der Waals surface area contributed by atoms with Crippen LogP contribution in [0.15, 0.2) is 34.0 Å². The van der Waals surface area contributed by atoms with Crippen LogP contribution in [0, 0.1) is 0 Å². The van der Waals surface area contributed by atoms with E-state index in [0.717, 1.165) is 13.0 Å². The Hall–Kier alpha value is -1.64. The van der Waals surface area contributed by atoms with Crippen molar-refractivity contribution in [2.75, 3.05) is 6.54 Å². The molecule has 0 bridgehead atoms. The molecule has 0 radical (unpaired) electrons. The van der Waals surface area contributed by atoms with Crippen molar-refractivity contribution < 1.29 is 12.8 Å². The van der Waals surface area contributed by atoms with E-state index in [1.807, 2.05) is 0 Å². The summed E-state index contributed by atoms with van der Waals surface area (Å²) in [5.41, 5.74) is 0. The van der Waals surface area contributed by atoms with Crippen LogP contribution in [0.2, 0.25) is 0 Å². The van der Waals surface area contributed by atoms with Crippen molar-refractivity contribution in [3.63, 3.8) is 0 Å². The van der Waals surface area contributed by atoms with E-state index in [1.165, 1.54) is 6.07 Å². The third kappa shape index (κ3) is 3.92. The van der Waals surface area contributed by atoms with Crippen molar-refractivity contribution in [1.29, 1.82) is 0 Å². The molecule has 7 nitrogen and oxygen atoms in total. The zero-order valence-corrected chi connectivity index (χ0v) is 12.0. The Balaban J connectivity index is 1.95. The molecule has 3 N–H and O–H groups in total. The number of imidazole rings is 1. The average Bonchev–Trinajstić information content (AvgIpc) is 3.08. The van der Waals surface area contributed by atoms with Crippen LogP contribution in [0.4, 0.5) is 0 Å². The predicted octanol–water partition coefficient (Wildman–Crippen LogP) is 0.981. The lowest BCUT2D eigenvalue weighted by molar-refractivity contribution is 0.400. The molecule has 0 saturated heterocycles. The summed E-state index contributed by atoms with van der Waals surface area (Å²) in [6, 6.07) is 3.11. The molecule has 0 amide bonds. The first kappa shape index (κ1) is 14.8. The van der Waals surface area contributed by atoms with E-state index in [-0.39, 0.29) is 11.6 Å². The fourth-order valence-corrected chi connectivity index (χ4v) is 2.55. The van der Waals surface area contributed by atoms with Crippen LogP contribution >= 0.6 is 0 Å². The topological polar surface area (TPSA) is 100 Å². The molecule has 2 heterocycles. The normalized spacial score (nSPS) is 11.8. The lowest BCUT2D eigenvalue weighted by Crippen LogP contribution is -2.23. The average molecular weight is 298 g/mol. The van der Waals surface area contributed by atoms with Gasteiger partial charge in [0, 0.05) is 12.4 Å². The fraction of sp³-hybridized carbons (Fsp3) is 0.417. The Labute approximate surface area is 117 Å². The van der Waals surface area contributed by atoms with Crippen molar-refractivity contribution >= 4 is 10.0 Å². The molecule has 2 rings (SSSR count). The van der Waals surface area contributed by atoms with Crippen molar-refractivity contribution in [3.05, 3.63) is 36.1 Å². The Bertz CT molecular complexity index is 619. The maximum atomic E-state index is 12.0. The zero-order chi connectivity index (χ0) is 14.4. The van der Waals surface area contributed by atoms with E-state index in [1.54, 1.807) is 18.5 Å². The largest absolute Gasteiger partial charge is 0.447 e. The summed E-state index contributed by atoms with van der Waals surface area (Å²) in [5, 5.41) is 3.06. The molecule has 0 aliphatic rings. The highest BCUT2D eigenvalue weighted by Gasteiger charge is 2.18. The van der Waals surface area contributed by atoms with Gasteiger partial charge >= 0.3 is 0 Å². The third-order valence-electron chi connectivity index (χ3n) is 2.61. The first-order valence-electron chi connectivity index (χ1n) is 6.39. The number of aromatic nitrogens is 2. The molecule has 0 unspecified atom stereocenters. The van der Waals surface area contributed by atoms with E-state index < -0.39 is 10.0 Å². The van der Waals surface area contributed by atoms with Gasteiger partial charge in [-0.25, -0.2) is 18.1 Å². The number of sulfonamides is 1. The van der Waals surface area contributed by atoms with Gasteiger partial charge in [-0.05, 0) is 25.1 Å². The van der Waals surface area contributed by atoms with Crippen LogP contribution in [0.25, 0.3) is 0 Å². The number of nitrogens with one attached hydrogen (secondary N) is 3.